The van der Waals surface area contributed by atoms with Crippen LogP contribution in [0.1, 0.15) is 5.76 Å². The summed E-state index contributed by atoms with van der Waals surface area (Å²) >= 11 is 1.78. The van der Waals surface area contributed by atoms with Crippen LogP contribution in [0.15, 0.2) is 63.0 Å². The van der Waals surface area contributed by atoms with Gasteiger partial charge in [0.25, 0.3) is 0 Å². The van der Waals surface area contributed by atoms with E-state index in [0.29, 0.717) is 12.5 Å². The molecular formula is C19H27IN4O2S. The van der Waals surface area contributed by atoms with Crippen LogP contribution in [0.2, 0.25) is 0 Å². The van der Waals surface area contributed by atoms with Gasteiger partial charge in [-0.2, -0.15) is 0 Å². The quantitative estimate of drug-likeness (QED) is 0.198. The van der Waals surface area contributed by atoms with Gasteiger partial charge in [-0.1, -0.05) is 18.2 Å². The van der Waals surface area contributed by atoms with E-state index in [1.807, 2.05) is 42.3 Å². The van der Waals surface area contributed by atoms with Gasteiger partial charge >= 0.3 is 0 Å². The molecule has 0 saturated carbocycles. The number of rotatable bonds is 8. The van der Waals surface area contributed by atoms with Crippen molar-refractivity contribution < 1.29 is 9.21 Å². The fourth-order valence-corrected chi connectivity index (χ4v) is 2.94. The second-order valence-electron chi connectivity index (χ2n) is 5.95. The van der Waals surface area contributed by atoms with Crippen molar-refractivity contribution in [2.75, 3.05) is 40.0 Å². The highest BCUT2D eigenvalue weighted by Crippen LogP contribution is 2.15. The molecular weight excluding hydrogens is 475 g/mol. The second kappa shape index (κ2) is 12.7. The number of nitrogens with zero attached hydrogens (tertiary/aromatic N) is 3. The molecule has 8 heteroatoms. The number of furan rings is 1. The summed E-state index contributed by atoms with van der Waals surface area (Å²) in [5, 5.41) is 3.34. The van der Waals surface area contributed by atoms with E-state index in [1.54, 1.807) is 37.0 Å². The van der Waals surface area contributed by atoms with Crippen molar-refractivity contribution in [1.82, 2.24) is 15.1 Å². The van der Waals surface area contributed by atoms with Crippen molar-refractivity contribution >= 4 is 47.6 Å². The summed E-state index contributed by atoms with van der Waals surface area (Å²) in [6.45, 7) is 1.45. The topological polar surface area (TPSA) is 61.1 Å². The molecule has 0 radical (unpaired) electrons. The van der Waals surface area contributed by atoms with Crippen molar-refractivity contribution in [3.05, 3.63) is 54.5 Å². The Hall–Kier alpha value is -1.68. The van der Waals surface area contributed by atoms with Crippen LogP contribution in [0.4, 0.5) is 0 Å². The molecule has 1 heterocycles. The Labute approximate surface area is 182 Å². The van der Waals surface area contributed by atoms with Gasteiger partial charge in [-0.15, -0.1) is 35.7 Å². The fraction of sp³-hybridized carbons (Fsp3) is 0.368. The van der Waals surface area contributed by atoms with Gasteiger partial charge in [0, 0.05) is 38.3 Å². The summed E-state index contributed by atoms with van der Waals surface area (Å²) in [5.41, 5.74) is 0. The Morgan fingerprint density at radius 3 is 2.52 bits per heavy atom. The molecule has 0 aliphatic rings. The lowest BCUT2D eigenvalue weighted by Crippen LogP contribution is -2.40. The number of benzene rings is 1. The van der Waals surface area contributed by atoms with Crippen molar-refractivity contribution in [2.45, 2.75) is 11.4 Å². The molecule has 1 amide bonds. The average molecular weight is 502 g/mol. The summed E-state index contributed by atoms with van der Waals surface area (Å²) in [5.74, 6) is 2.40. The predicted molar refractivity (Wildman–Crippen MR) is 122 cm³/mol. The zero-order valence-electron chi connectivity index (χ0n) is 15.9. The number of nitrogens with one attached hydrogen (secondary N) is 1. The predicted octanol–water partition coefficient (Wildman–Crippen LogP) is 3.16. The van der Waals surface area contributed by atoms with Crippen LogP contribution >= 0.6 is 35.7 Å². The normalized spacial score (nSPS) is 10.9. The molecule has 1 N–H and O–H groups in total. The zero-order chi connectivity index (χ0) is 18.8. The Kier molecular flexibility index (Phi) is 11.0. The molecule has 27 heavy (non-hydrogen) atoms. The fourth-order valence-electron chi connectivity index (χ4n) is 2.16. The number of carbonyl (C=O) groups excluding carboxylic acids is 1. The maximum atomic E-state index is 11.9. The highest BCUT2D eigenvalue weighted by molar-refractivity contribution is 14.0. The third kappa shape index (κ3) is 8.70. The molecule has 0 aliphatic carbocycles. The van der Waals surface area contributed by atoms with Crippen LogP contribution in [0, 0.1) is 0 Å². The molecule has 0 fully saturated rings. The van der Waals surface area contributed by atoms with Crippen molar-refractivity contribution in [3.63, 3.8) is 0 Å². The van der Waals surface area contributed by atoms with E-state index in [1.165, 1.54) is 4.90 Å². The van der Waals surface area contributed by atoms with Gasteiger partial charge in [-0.3, -0.25) is 4.79 Å². The lowest BCUT2D eigenvalue weighted by molar-refractivity contribution is -0.127. The molecule has 0 bridgehead atoms. The molecule has 0 aliphatic heterocycles. The van der Waals surface area contributed by atoms with Gasteiger partial charge in [0.05, 0.1) is 12.8 Å². The number of guanidine groups is 1. The average Bonchev–Trinajstić information content (AvgIpc) is 3.14. The summed E-state index contributed by atoms with van der Waals surface area (Å²) in [6.07, 6.45) is 1.65. The largest absolute Gasteiger partial charge is 0.467 e. The molecule has 1 aromatic carbocycles. The van der Waals surface area contributed by atoms with Crippen LogP contribution in [-0.4, -0.2) is 61.7 Å². The first kappa shape index (κ1) is 23.4. The summed E-state index contributed by atoms with van der Waals surface area (Å²) in [7, 11) is 5.39. The number of hydrogen-bond acceptors (Lipinski definition) is 4. The number of amides is 1. The number of thioether (sulfide) groups is 1. The lowest BCUT2D eigenvalue weighted by atomic mass is 10.4. The summed E-state index contributed by atoms with van der Waals surface area (Å²) < 4.78 is 5.40. The maximum absolute atomic E-state index is 11.9. The second-order valence-corrected chi connectivity index (χ2v) is 7.12. The van der Waals surface area contributed by atoms with Crippen molar-refractivity contribution in [2.24, 2.45) is 4.99 Å². The molecule has 0 spiro atoms. The minimum atomic E-state index is -0.0330. The van der Waals surface area contributed by atoms with Gasteiger partial charge in [0.2, 0.25) is 5.91 Å². The van der Waals surface area contributed by atoms with Crippen LogP contribution in [0.3, 0.4) is 0 Å². The highest BCUT2D eigenvalue weighted by Gasteiger charge is 2.10. The molecule has 0 unspecified atom stereocenters. The minimum absolute atomic E-state index is 0. The van der Waals surface area contributed by atoms with E-state index in [9.17, 15) is 4.79 Å². The maximum Gasteiger partial charge on any atom is 0.243 e. The number of hydrogen-bond donors (Lipinski definition) is 1. The van der Waals surface area contributed by atoms with Crippen LogP contribution in [0.25, 0.3) is 0 Å². The molecule has 1 aromatic heterocycles. The first-order valence-electron chi connectivity index (χ1n) is 8.46. The van der Waals surface area contributed by atoms with E-state index in [2.05, 4.69) is 22.4 Å². The van der Waals surface area contributed by atoms with Gasteiger partial charge in [-0.25, -0.2) is 4.99 Å². The molecule has 2 rings (SSSR count). The van der Waals surface area contributed by atoms with Gasteiger partial charge in [0.1, 0.15) is 12.3 Å². The smallest absolute Gasteiger partial charge is 0.243 e. The summed E-state index contributed by atoms with van der Waals surface area (Å²) in [4.78, 5) is 21.0. The summed E-state index contributed by atoms with van der Waals surface area (Å²) in [6, 6.07) is 14.1. The first-order chi connectivity index (χ1) is 12.6. The zero-order valence-corrected chi connectivity index (χ0v) is 19.1. The monoisotopic (exact) mass is 502 g/mol. The molecule has 148 valence electrons. The van der Waals surface area contributed by atoms with E-state index in [-0.39, 0.29) is 36.4 Å². The molecule has 6 nitrogen and oxygen atoms in total. The Bertz CT molecular complexity index is 693. The van der Waals surface area contributed by atoms with Crippen molar-refractivity contribution in [1.29, 1.82) is 0 Å². The Morgan fingerprint density at radius 1 is 1.15 bits per heavy atom. The van der Waals surface area contributed by atoms with Gasteiger partial charge in [-0.05, 0) is 24.3 Å². The Morgan fingerprint density at radius 2 is 1.89 bits per heavy atom. The minimum Gasteiger partial charge on any atom is -0.467 e. The number of halogens is 1. The van der Waals surface area contributed by atoms with Gasteiger partial charge in [0.15, 0.2) is 5.96 Å². The van der Waals surface area contributed by atoms with E-state index < -0.39 is 0 Å². The molecule has 0 atom stereocenters. The van der Waals surface area contributed by atoms with Crippen LogP contribution in [-0.2, 0) is 11.3 Å². The lowest BCUT2D eigenvalue weighted by Gasteiger charge is -2.22. The Balaban J connectivity index is 0.00000364. The van der Waals surface area contributed by atoms with Crippen molar-refractivity contribution in [3.8, 4) is 0 Å². The standard InChI is InChI=1S/C19H26N4O2S.HI/c1-22(2)18(24)14-21-19(23(3)15-16-8-7-12-25-16)20-11-13-26-17-9-5-4-6-10-17;/h4-10,12H,11,13-15H2,1-3H3,(H,20,21);1H. The third-order valence-corrected chi connectivity index (χ3v) is 4.61. The molecule has 2 aromatic rings. The van der Waals surface area contributed by atoms with E-state index in [0.717, 1.165) is 18.1 Å². The highest BCUT2D eigenvalue weighted by atomic mass is 127. The first-order valence-corrected chi connectivity index (χ1v) is 9.44. The number of carbonyl (C=O) groups is 1. The molecule has 0 saturated heterocycles. The SMILES string of the molecule is CN(C)C(=O)CN=C(NCCSc1ccccc1)N(C)Cc1ccco1.I. The van der Waals surface area contributed by atoms with Crippen LogP contribution < -0.4 is 5.32 Å². The number of likely N-dealkylation sites (N-methyl/N-ethyl adjacent to an activating group) is 1. The van der Waals surface area contributed by atoms with E-state index >= 15 is 0 Å². The van der Waals surface area contributed by atoms with E-state index in [4.69, 9.17) is 4.42 Å². The third-order valence-electron chi connectivity index (χ3n) is 3.59. The van der Waals surface area contributed by atoms with Gasteiger partial charge < -0.3 is 19.5 Å². The van der Waals surface area contributed by atoms with Crippen LogP contribution in [0.5, 0.6) is 0 Å². The number of aliphatic imine (C=N–C) groups is 1.